The average molecular weight is 298 g/mol. The van der Waals surface area contributed by atoms with Gasteiger partial charge in [0.15, 0.2) is 0 Å². The third-order valence-corrected chi connectivity index (χ3v) is 6.64. The van der Waals surface area contributed by atoms with Gasteiger partial charge in [-0.2, -0.15) is 0 Å². The first-order valence-corrected chi connectivity index (χ1v) is 8.69. The average Bonchev–Trinajstić information content (AvgIpc) is 2.74. The van der Waals surface area contributed by atoms with Crippen molar-refractivity contribution in [1.29, 1.82) is 0 Å². The normalized spacial score (nSPS) is 36.7. The molecule has 0 spiro atoms. The van der Waals surface area contributed by atoms with E-state index in [4.69, 9.17) is 4.74 Å². The number of methoxy groups -OCH3 is 1. The Kier molecular flexibility index (Phi) is 3.34. The van der Waals surface area contributed by atoms with E-state index >= 15 is 0 Å². The number of ether oxygens (including phenoxy) is 1. The zero-order chi connectivity index (χ0) is 15.3. The number of allylic oxidation sites excluding steroid dienone is 2. The molecule has 0 aromatic heterocycles. The van der Waals surface area contributed by atoms with Crippen molar-refractivity contribution in [3.05, 3.63) is 35.4 Å². The van der Waals surface area contributed by atoms with Gasteiger partial charge in [0, 0.05) is 0 Å². The minimum Gasteiger partial charge on any atom is -0.497 e. The molecule has 1 fully saturated rings. The van der Waals surface area contributed by atoms with Crippen LogP contribution in [0.1, 0.15) is 50.2 Å². The Bertz CT molecular complexity index is 618. The van der Waals surface area contributed by atoms with E-state index < -0.39 is 0 Å². The van der Waals surface area contributed by atoms with E-state index in [2.05, 4.69) is 31.2 Å². The Balaban J connectivity index is 1.75. The maximum absolute atomic E-state index is 10.5. The lowest BCUT2D eigenvalue weighted by molar-refractivity contribution is 0.0233. The van der Waals surface area contributed by atoms with Crippen molar-refractivity contribution in [2.24, 2.45) is 17.3 Å². The molecule has 22 heavy (non-hydrogen) atoms. The second kappa shape index (κ2) is 5.13. The van der Waals surface area contributed by atoms with Crippen LogP contribution in [0.3, 0.4) is 0 Å². The summed E-state index contributed by atoms with van der Waals surface area (Å²) < 4.78 is 5.39. The summed E-state index contributed by atoms with van der Waals surface area (Å²) in [5.41, 5.74) is 4.53. The Labute approximate surface area is 133 Å². The van der Waals surface area contributed by atoms with Gasteiger partial charge in [-0.15, -0.1) is 0 Å². The zero-order valence-electron chi connectivity index (χ0n) is 13.6. The van der Waals surface area contributed by atoms with Gasteiger partial charge in [-0.3, -0.25) is 0 Å². The van der Waals surface area contributed by atoms with Gasteiger partial charge < -0.3 is 9.84 Å². The van der Waals surface area contributed by atoms with Crippen LogP contribution in [0.25, 0.3) is 5.57 Å². The lowest BCUT2D eigenvalue weighted by atomic mass is 9.65. The van der Waals surface area contributed by atoms with Gasteiger partial charge in [0.05, 0.1) is 13.2 Å². The van der Waals surface area contributed by atoms with E-state index in [1.54, 1.807) is 12.7 Å². The van der Waals surface area contributed by atoms with Crippen LogP contribution in [0.2, 0.25) is 0 Å². The van der Waals surface area contributed by atoms with Crippen LogP contribution in [-0.4, -0.2) is 18.3 Å². The molecule has 118 valence electrons. The number of rotatable bonds is 1. The van der Waals surface area contributed by atoms with Crippen LogP contribution in [-0.2, 0) is 6.42 Å². The number of aryl methyl sites for hydroxylation is 1. The molecule has 4 atom stereocenters. The molecule has 0 bridgehead atoms. The monoisotopic (exact) mass is 298 g/mol. The highest BCUT2D eigenvalue weighted by Crippen LogP contribution is 2.57. The SMILES string of the molecule is COc1ccc2c(c1)CC[C@@H]1C2=CCC[C@]2(C)[C@@H](O)CC[C@@H]12. The van der Waals surface area contributed by atoms with Crippen molar-refractivity contribution < 1.29 is 9.84 Å². The first-order chi connectivity index (χ1) is 10.6. The fourth-order valence-corrected chi connectivity index (χ4v) is 5.33. The van der Waals surface area contributed by atoms with Crippen molar-refractivity contribution in [2.75, 3.05) is 7.11 Å². The molecule has 1 aromatic carbocycles. The van der Waals surface area contributed by atoms with Gasteiger partial charge in [0.1, 0.15) is 5.75 Å². The number of aliphatic hydroxyl groups is 1. The van der Waals surface area contributed by atoms with E-state index in [0.29, 0.717) is 11.8 Å². The van der Waals surface area contributed by atoms with Crippen LogP contribution in [0.5, 0.6) is 5.75 Å². The van der Waals surface area contributed by atoms with E-state index in [1.165, 1.54) is 24.0 Å². The molecule has 0 radical (unpaired) electrons. The molecule has 0 saturated heterocycles. The van der Waals surface area contributed by atoms with Gasteiger partial charge in [-0.1, -0.05) is 19.1 Å². The Hall–Kier alpha value is -1.28. The first-order valence-electron chi connectivity index (χ1n) is 8.69. The summed E-state index contributed by atoms with van der Waals surface area (Å²) in [7, 11) is 1.74. The highest BCUT2D eigenvalue weighted by molar-refractivity contribution is 5.73. The molecule has 2 nitrogen and oxygen atoms in total. The predicted octanol–water partition coefficient (Wildman–Crippen LogP) is 4.21. The zero-order valence-corrected chi connectivity index (χ0v) is 13.6. The second-order valence-electron chi connectivity index (χ2n) is 7.57. The summed E-state index contributed by atoms with van der Waals surface area (Å²) in [5.74, 6) is 2.24. The van der Waals surface area contributed by atoms with Gasteiger partial charge in [-0.05, 0) is 84.6 Å². The molecular weight excluding hydrogens is 272 g/mol. The van der Waals surface area contributed by atoms with Crippen LogP contribution in [0.4, 0.5) is 0 Å². The van der Waals surface area contributed by atoms with E-state index in [-0.39, 0.29) is 11.5 Å². The molecule has 0 unspecified atom stereocenters. The van der Waals surface area contributed by atoms with Crippen LogP contribution >= 0.6 is 0 Å². The molecule has 3 aliphatic carbocycles. The van der Waals surface area contributed by atoms with Crippen LogP contribution < -0.4 is 4.74 Å². The van der Waals surface area contributed by atoms with Gasteiger partial charge >= 0.3 is 0 Å². The van der Waals surface area contributed by atoms with Crippen LogP contribution in [0.15, 0.2) is 24.3 Å². The molecular formula is C20H26O2. The van der Waals surface area contributed by atoms with Crippen molar-refractivity contribution in [3.63, 3.8) is 0 Å². The molecule has 1 saturated carbocycles. The fourth-order valence-electron chi connectivity index (χ4n) is 5.33. The van der Waals surface area contributed by atoms with Gasteiger partial charge in [0.25, 0.3) is 0 Å². The number of fused-ring (bicyclic) bond motifs is 5. The largest absolute Gasteiger partial charge is 0.497 e. The van der Waals surface area contributed by atoms with Crippen molar-refractivity contribution in [2.45, 2.75) is 51.6 Å². The highest BCUT2D eigenvalue weighted by atomic mass is 16.5. The van der Waals surface area contributed by atoms with Gasteiger partial charge in [0.2, 0.25) is 0 Å². The molecule has 4 rings (SSSR count). The highest BCUT2D eigenvalue weighted by Gasteiger charge is 2.50. The lowest BCUT2D eigenvalue weighted by Crippen LogP contribution is -2.36. The summed E-state index contributed by atoms with van der Waals surface area (Å²) >= 11 is 0. The Morgan fingerprint density at radius 2 is 2.09 bits per heavy atom. The molecule has 0 amide bonds. The molecule has 1 N–H and O–H groups in total. The summed E-state index contributed by atoms with van der Waals surface area (Å²) in [4.78, 5) is 0. The van der Waals surface area contributed by atoms with Crippen molar-refractivity contribution >= 4 is 5.57 Å². The van der Waals surface area contributed by atoms with Crippen molar-refractivity contribution in [3.8, 4) is 5.75 Å². The number of hydrogen-bond acceptors (Lipinski definition) is 2. The summed E-state index contributed by atoms with van der Waals surface area (Å²) in [6.07, 6.45) is 9.11. The maximum atomic E-state index is 10.5. The van der Waals surface area contributed by atoms with E-state index in [9.17, 15) is 5.11 Å². The van der Waals surface area contributed by atoms with E-state index in [1.807, 2.05) is 0 Å². The second-order valence-corrected chi connectivity index (χ2v) is 7.57. The third kappa shape index (κ3) is 1.96. The Morgan fingerprint density at radius 1 is 1.23 bits per heavy atom. The first kappa shape index (κ1) is 14.3. The molecule has 3 aliphatic rings. The topological polar surface area (TPSA) is 29.5 Å². The fraction of sp³-hybridized carbons (Fsp3) is 0.600. The Morgan fingerprint density at radius 3 is 2.91 bits per heavy atom. The summed E-state index contributed by atoms with van der Waals surface area (Å²) in [6.45, 7) is 2.33. The summed E-state index contributed by atoms with van der Waals surface area (Å²) in [5, 5.41) is 10.5. The molecule has 1 aromatic rings. The third-order valence-electron chi connectivity index (χ3n) is 6.64. The molecule has 2 heteroatoms. The smallest absolute Gasteiger partial charge is 0.119 e. The minimum absolute atomic E-state index is 0.109. The lowest BCUT2D eigenvalue weighted by Gasteiger charge is -2.40. The van der Waals surface area contributed by atoms with Crippen LogP contribution in [0, 0.1) is 17.3 Å². The number of benzene rings is 1. The number of hydrogen-bond donors (Lipinski definition) is 1. The standard InChI is InChI=1S/C20H26O2/c1-20-11-3-4-16-15-8-6-14(22-2)12-13(15)5-7-17(16)18(20)9-10-19(20)21/h4,6,8,12,17-19,21H,3,5,7,9-11H2,1-2H3/t17-,18+,19+,20+/m1/s1. The van der Waals surface area contributed by atoms with Crippen molar-refractivity contribution in [1.82, 2.24) is 0 Å². The number of aliphatic hydroxyl groups excluding tert-OH is 1. The molecule has 0 aliphatic heterocycles. The quantitative estimate of drug-likeness (QED) is 0.841. The van der Waals surface area contributed by atoms with Gasteiger partial charge in [-0.25, -0.2) is 0 Å². The van der Waals surface area contributed by atoms with E-state index in [0.717, 1.165) is 31.4 Å². The predicted molar refractivity (Wildman–Crippen MR) is 88.9 cm³/mol. The maximum Gasteiger partial charge on any atom is 0.119 e. The molecule has 0 heterocycles. The summed E-state index contributed by atoms with van der Waals surface area (Å²) in [6, 6.07) is 6.55. The minimum atomic E-state index is -0.109.